The van der Waals surface area contributed by atoms with E-state index in [1.807, 2.05) is 16.2 Å². The largest absolute Gasteiger partial charge is 0.346 e. The lowest BCUT2D eigenvalue weighted by molar-refractivity contribution is 0.381. The van der Waals surface area contributed by atoms with Gasteiger partial charge in [0.25, 0.3) is 0 Å². The molecule has 0 saturated carbocycles. The molecule has 0 aliphatic carbocycles. The zero-order chi connectivity index (χ0) is 20.0. The number of aromatic nitrogens is 1. The maximum Gasteiger partial charge on any atom is 0.200 e. The number of hydrogen-bond acceptors (Lipinski definition) is 2. The number of rotatable bonds is 9. The molecule has 0 bridgehead atoms. The van der Waals surface area contributed by atoms with Crippen molar-refractivity contribution in [2.75, 3.05) is 5.43 Å². The van der Waals surface area contributed by atoms with Crippen LogP contribution in [0.25, 0.3) is 0 Å². The molecule has 148 valence electrons. The summed E-state index contributed by atoms with van der Waals surface area (Å²) in [5.41, 5.74) is 1.39. The first kappa shape index (κ1) is 20.9. The Morgan fingerprint density at radius 1 is 1.04 bits per heavy atom. The van der Waals surface area contributed by atoms with Crippen molar-refractivity contribution in [3.63, 3.8) is 0 Å². The van der Waals surface area contributed by atoms with Crippen molar-refractivity contribution in [3.05, 3.63) is 53.1 Å². The summed E-state index contributed by atoms with van der Waals surface area (Å²) in [6.45, 7) is 5.00. The van der Waals surface area contributed by atoms with Gasteiger partial charge in [0.1, 0.15) is 5.69 Å². The van der Waals surface area contributed by atoms with E-state index in [1.165, 1.54) is 6.21 Å². The van der Waals surface area contributed by atoms with E-state index in [-0.39, 0.29) is 0 Å². The molecule has 27 heavy (non-hydrogen) atoms. The molecule has 1 N–H and O–H groups in total. The topological polar surface area (TPSA) is 29.3 Å². The number of benzene rings is 1. The summed E-state index contributed by atoms with van der Waals surface area (Å²) in [5.74, 6) is -9.67. The molecule has 3 nitrogen and oxygen atoms in total. The minimum absolute atomic E-state index is 0.479. The standard InChI is InChI=1S/C19H22F5N3/c1-3-5-7-12(4-2)11-27-9-6-8-13(27)10-25-26-19-17(23)15(21)14(20)16(22)18(19)24/h6,8-10,12,26H,3-5,7,11H2,1-2H3/b25-10+. The smallest absolute Gasteiger partial charge is 0.200 e. The molecule has 1 unspecified atom stereocenters. The molecule has 0 spiro atoms. The molecule has 1 heterocycles. The summed E-state index contributed by atoms with van der Waals surface area (Å²) in [6.07, 6.45) is 7.48. The molecule has 8 heteroatoms. The van der Waals surface area contributed by atoms with E-state index in [2.05, 4.69) is 18.9 Å². The van der Waals surface area contributed by atoms with Crippen molar-refractivity contribution in [3.8, 4) is 0 Å². The molecule has 1 aromatic carbocycles. The molecular weight excluding hydrogens is 365 g/mol. The van der Waals surface area contributed by atoms with Crippen molar-refractivity contribution in [2.45, 2.75) is 46.1 Å². The highest BCUT2D eigenvalue weighted by atomic mass is 19.2. The van der Waals surface area contributed by atoms with Crippen LogP contribution < -0.4 is 5.43 Å². The van der Waals surface area contributed by atoms with Gasteiger partial charge in [-0.2, -0.15) is 5.10 Å². The maximum atomic E-state index is 13.6. The second-order valence-electron chi connectivity index (χ2n) is 6.32. The molecule has 2 aromatic rings. The molecule has 0 fully saturated rings. The monoisotopic (exact) mass is 387 g/mol. The van der Waals surface area contributed by atoms with Crippen LogP contribution in [0.1, 0.15) is 45.2 Å². The number of halogens is 5. The third kappa shape index (κ3) is 4.87. The van der Waals surface area contributed by atoms with E-state index in [0.29, 0.717) is 11.6 Å². The van der Waals surface area contributed by atoms with Gasteiger partial charge in [-0.3, -0.25) is 5.43 Å². The molecule has 1 aromatic heterocycles. The Balaban J connectivity index is 2.14. The predicted molar refractivity (Wildman–Crippen MR) is 95.2 cm³/mol. The molecular formula is C19H22F5N3. The summed E-state index contributed by atoms with van der Waals surface area (Å²) >= 11 is 0. The fraction of sp³-hybridized carbons (Fsp3) is 0.421. The average Bonchev–Trinajstić information content (AvgIpc) is 3.11. The Hall–Kier alpha value is -2.38. The first-order valence-electron chi connectivity index (χ1n) is 8.86. The lowest BCUT2D eigenvalue weighted by atomic mass is 9.99. The molecule has 0 radical (unpaired) electrons. The molecule has 1 atom stereocenters. The van der Waals surface area contributed by atoms with Gasteiger partial charge < -0.3 is 4.57 Å². The highest BCUT2D eigenvalue weighted by Crippen LogP contribution is 2.27. The van der Waals surface area contributed by atoms with Crippen LogP contribution in [0.4, 0.5) is 27.6 Å². The van der Waals surface area contributed by atoms with Gasteiger partial charge in [-0.05, 0) is 24.5 Å². The van der Waals surface area contributed by atoms with Crippen molar-refractivity contribution in [1.29, 1.82) is 0 Å². The second kappa shape index (κ2) is 9.53. The van der Waals surface area contributed by atoms with E-state index in [1.54, 1.807) is 12.1 Å². The summed E-state index contributed by atoms with van der Waals surface area (Å²) < 4.78 is 68.6. The van der Waals surface area contributed by atoms with E-state index in [0.717, 1.165) is 32.2 Å². The lowest BCUT2D eigenvalue weighted by Crippen LogP contribution is -2.12. The fourth-order valence-electron chi connectivity index (χ4n) is 2.77. The van der Waals surface area contributed by atoms with Crippen LogP contribution >= 0.6 is 0 Å². The zero-order valence-electron chi connectivity index (χ0n) is 15.2. The van der Waals surface area contributed by atoms with Gasteiger partial charge in [-0.15, -0.1) is 0 Å². The zero-order valence-corrected chi connectivity index (χ0v) is 15.2. The highest BCUT2D eigenvalue weighted by molar-refractivity contribution is 5.78. The Morgan fingerprint density at radius 2 is 1.67 bits per heavy atom. The van der Waals surface area contributed by atoms with Gasteiger partial charge in [0.05, 0.1) is 11.9 Å². The molecule has 0 aliphatic rings. The van der Waals surface area contributed by atoms with Crippen molar-refractivity contribution >= 4 is 11.9 Å². The second-order valence-corrected chi connectivity index (χ2v) is 6.32. The SMILES string of the molecule is CCCCC(CC)Cn1cccc1/C=N/Nc1c(F)c(F)c(F)c(F)c1F. The van der Waals surface area contributed by atoms with Crippen molar-refractivity contribution in [2.24, 2.45) is 11.0 Å². The highest BCUT2D eigenvalue weighted by Gasteiger charge is 2.25. The minimum Gasteiger partial charge on any atom is -0.346 e. The minimum atomic E-state index is -2.20. The van der Waals surface area contributed by atoms with Crippen LogP contribution in [0.2, 0.25) is 0 Å². The predicted octanol–water partition coefficient (Wildman–Crippen LogP) is 5.85. The summed E-state index contributed by atoms with van der Waals surface area (Å²) in [4.78, 5) is 0. The van der Waals surface area contributed by atoms with Crippen molar-refractivity contribution in [1.82, 2.24) is 4.57 Å². The van der Waals surface area contributed by atoms with Gasteiger partial charge in [0.2, 0.25) is 5.82 Å². The normalized spacial score (nSPS) is 12.7. The molecule has 0 aliphatic heterocycles. The Kier molecular flexibility index (Phi) is 7.38. The van der Waals surface area contributed by atoms with Crippen molar-refractivity contribution < 1.29 is 22.0 Å². The lowest BCUT2D eigenvalue weighted by Gasteiger charge is -2.16. The van der Waals surface area contributed by atoms with Crippen LogP contribution in [0.3, 0.4) is 0 Å². The van der Waals surface area contributed by atoms with Gasteiger partial charge >= 0.3 is 0 Å². The first-order valence-corrected chi connectivity index (χ1v) is 8.86. The molecule has 0 saturated heterocycles. The van der Waals surface area contributed by atoms with Crippen LogP contribution in [-0.4, -0.2) is 10.8 Å². The average molecular weight is 387 g/mol. The molecule has 2 rings (SSSR count). The number of hydrogen-bond donors (Lipinski definition) is 1. The Bertz CT molecular complexity index is 772. The Morgan fingerprint density at radius 3 is 2.26 bits per heavy atom. The summed E-state index contributed by atoms with van der Waals surface area (Å²) in [7, 11) is 0. The summed E-state index contributed by atoms with van der Waals surface area (Å²) in [6, 6.07) is 3.54. The number of nitrogens with zero attached hydrogens (tertiary/aromatic N) is 2. The fourth-order valence-corrected chi connectivity index (χ4v) is 2.77. The van der Waals surface area contributed by atoms with Crippen LogP contribution in [-0.2, 0) is 6.54 Å². The molecule has 0 amide bonds. The third-order valence-electron chi connectivity index (χ3n) is 4.45. The van der Waals surface area contributed by atoms with E-state index in [9.17, 15) is 22.0 Å². The van der Waals surface area contributed by atoms with Crippen LogP contribution in [0.5, 0.6) is 0 Å². The first-order chi connectivity index (χ1) is 12.9. The maximum absolute atomic E-state index is 13.6. The third-order valence-corrected chi connectivity index (χ3v) is 4.45. The van der Waals surface area contributed by atoms with E-state index < -0.39 is 34.8 Å². The van der Waals surface area contributed by atoms with Crippen LogP contribution in [0.15, 0.2) is 23.4 Å². The van der Waals surface area contributed by atoms with Crippen LogP contribution in [0, 0.1) is 35.0 Å². The van der Waals surface area contributed by atoms with E-state index >= 15 is 0 Å². The Labute approximate surface area is 154 Å². The van der Waals surface area contributed by atoms with Gasteiger partial charge in [-0.1, -0.05) is 33.1 Å². The van der Waals surface area contributed by atoms with Gasteiger partial charge in [-0.25, -0.2) is 22.0 Å². The number of unbranched alkanes of at least 4 members (excludes halogenated alkanes) is 1. The van der Waals surface area contributed by atoms with Gasteiger partial charge in [0, 0.05) is 12.7 Å². The quantitative estimate of drug-likeness (QED) is 0.189. The summed E-state index contributed by atoms with van der Waals surface area (Å²) in [5, 5.41) is 3.64. The number of anilines is 1. The van der Waals surface area contributed by atoms with Gasteiger partial charge in [0.15, 0.2) is 23.3 Å². The van der Waals surface area contributed by atoms with E-state index in [4.69, 9.17) is 0 Å². The number of nitrogens with one attached hydrogen (secondary N) is 1. The number of hydrazone groups is 1.